The van der Waals surface area contributed by atoms with Crippen molar-refractivity contribution in [3.8, 4) is 0 Å². The highest BCUT2D eigenvalue weighted by atomic mass is 32.1. The summed E-state index contributed by atoms with van der Waals surface area (Å²) in [6.45, 7) is 8.31. The van der Waals surface area contributed by atoms with E-state index >= 15 is 0 Å². The van der Waals surface area contributed by atoms with E-state index < -0.39 is 9.04 Å². The predicted molar refractivity (Wildman–Crippen MR) is 109 cm³/mol. The van der Waals surface area contributed by atoms with E-state index in [0.717, 1.165) is 49.5 Å². The summed E-state index contributed by atoms with van der Waals surface area (Å²) in [6.07, 6.45) is 7.95. The first kappa shape index (κ1) is 20.6. The van der Waals surface area contributed by atoms with Crippen molar-refractivity contribution in [3.05, 3.63) is 34.0 Å². The predicted octanol–water partition coefficient (Wildman–Crippen LogP) is 5.17. The number of allylic oxidation sites excluding steroid dienone is 1. The molecule has 1 fully saturated rings. The summed E-state index contributed by atoms with van der Waals surface area (Å²) >= 11 is 1.55. The molecule has 0 aliphatic carbocycles. The topological polar surface area (TPSA) is 29.5 Å². The summed E-state index contributed by atoms with van der Waals surface area (Å²) in [6, 6.07) is 6.25. The Hall–Kier alpha value is -0.753. The average molecular weight is 379 g/mol. The maximum Gasteiger partial charge on any atom is 0.210 e. The summed E-state index contributed by atoms with van der Waals surface area (Å²) in [5, 5.41) is 1.98. The van der Waals surface area contributed by atoms with E-state index in [1.54, 1.807) is 11.3 Å². The fourth-order valence-electron chi connectivity index (χ4n) is 3.18. The van der Waals surface area contributed by atoms with Crippen molar-refractivity contribution in [2.75, 3.05) is 26.2 Å². The Labute approximate surface area is 158 Å². The first-order valence-corrected chi connectivity index (χ1v) is 12.4. The minimum Gasteiger partial charge on any atom is -0.417 e. The summed E-state index contributed by atoms with van der Waals surface area (Å²) < 4.78 is 5.98. The monoisotopic (exact) mass is 378 g/mol. The van der Waals surface area contributed by atoms with Gasteiger partial charge in [-0.15, -0.1) is 11.3 Å². The lowest BCUT2D eigenvalue weighted by molar-refractivity contribution is 0.102. The Kier molecular flexibility index (Phi) is 9.69. The Bertz CT molecular complexity index is 520. The van der Waals surface area contributed by atoms with Crippen molar-refractivity contribution in [2.24, 2.45) is 0 Å². The number of ketones is 1. The van der Waals surface area contributed by atoms with E-state index in [2.05, 4.69) is 24.8 Å². The fraction of sp³-hybridized carbons (Fsp3) is 0.650. The Balaban J connectivity index is 1.89. The molecule has 1 aromatic rings. The van der Waals surface area contributed by atoms with Crippen LogP contribution in [-0.4, -0.2) is 46.0 Å². The molecule has 0 amide bonds. The van der Waals surface area contributed by atoms with Gasteiger partial charge in [-0.2, -0.15) is 0 Å². The highest BCUT2D eigenvalue weighted by Crippen LogP contribution is 2.18. The molecule has 0 bridgehead atoms. The summed E-state index contributed by atoms with van der Waals surface area (Å²) in [5.41, 5.74) is 0.973. The molecule has 0 atom stereocenters. The number of thiophene rings is 1. The van der Waals surface area contributed by atoms with Gasteiger partial charge < -0.3 is 4.43 Å². The maximum atomic E-state index is 12.8. The van der Waals surface area contributed by atoms with Crippen LogP contribution in [0.15, 0.2) is 29.2 Å². The van der Waals surface area contributed by atoms with Crippen molar-refractivity contribution in [3.63, 3.8) is 0 Å². The lowest BCUT2D eigenvalue weighted by atomic mass is 10.0. The van der Waals surface area contributed by atoms with Crippen LogP contribution >= 0.6 is 11.3 Å². The highest BCUT2D eigenvalue weighted by molar-refractivity contribution is 7.12. The number of nitrogens with zero attached hydrogens (tertiary/aromatic N) is 1. The third kappa shape index (κ3) is 7.17. The second-order valence-electron chi connectivity index (χ2n) is 6.61. The Morgan fingerprint density at radius 1 is 1.28 bits per heavy atom. The maximum absolute atomic E-state index is 12.8. The molecule has 5 heteroatoms. The van der Waals surface area contributed by atoms with E-state index in [9.17, 15) is 4.79 Å². The van der Waals surface area contributed by atoms with Gasteiger partial charge in [0.15, 0.2) is 5.78 Å². The number of hydrogen-bond acceptors (Lipinski definition) is 4. The third-order valence-electron chi connectivity index (χ3n) is 4.71. The quantitative estimate of drug-likeness (QED) is 0.230. The number of carbonyl (C=O) groups is 1. The van der Waals surface area contributed by atoms with Crippen molar-refractivity contribution >= 4 is 26.2 Å². The molecule has 1 aromatic heterocycles. The van der Waals surface area contributed by atoms with Crippen LogP contribution < -0.4 is 0 Å². The lowest BCUT2D eigenvalue weighted by Gasteiger charge is -2.27. The van der Waals surface area contributed by atoms with E-state index in [4.69, 9.17) is 4.43 Å². The van der Waals surface area contributed by atoms with Gasteiger partial charge >= 0.3 is 0 Å². The van der Waals surface area contributed by atoms with Crippen molar-refractivity contribution in [2.45, 2.75) is 58.0 Å². The van der Waals surface area contributed by atoms with Gasteiger partial charge in [-0.3, -0.25) is 9.69 Å². The summed E-state index contributed by atoms with van der Waals surface area (Å²) in [4.78, 5) is 16.1. The van der Waals surface area contributed by atoms with Crippen LogP contribution in [0.5, 0.6) is 0 Å². The zero-order valence-corrected chi connectivity index (χ0v) is 17.6. The molecular weight excluding hydrogens is 346 g/mol. The Morgan fingerprint density at radius 3 is 2.68 bits per heavy atom. The molecule has 0 N–H and O–H groups in total. The minimum absolute atomic E-state index is 0.216. The van der Waals surface area contributed by atoms with E-state index in [1.165, 1.54) is 31.4 Å². The number of piperidine rings is 1. The molecule has 139 valence electrons. The van der Waals surface area contributed by atoms with Gasteiger partial charge in [0.2, 0.25) is 9.04 Å². The number of Topliss-reactive ketones (excluding diaryl/α,β-unsaturated/α-hetero) is 1. The number of hydrogen-bond donors (Lipinski definition) is 0. The molecule has 2 rings (SSSR count). The second-order valence-corrected chi connectivity index (χ2v) is 10.3. The largest absolute Gasteiger partial charge is 0.417 e. The molecule has 0 unspecified atom stereocenters. The highest BCUT2D eigenvalue weighted by Gasteiger charge is 2.18. The van der Waals surface area contributed by atoms with Crippen molar-refractivity contribution < 1.29 is 9.22 Å². The van der Waals surface area contributed by atoms with Gasteiger partial charge in [0, 0.05) is 18.7 Å². The summed E-state index contributed by atoms with van der Waals surface area (Å²) in [5.74, 6) is 0.216. The standard InChI is InChI=1S/C20H32NO2SSi/c1-3-25(4-2)23-15-9-6-11-18(17-21-13-7-5-8-14-21)20(22)19-12-10-16-24-19/h10-12,16H,3-9,13-15,17H2,1-2H3/b18-11-. The van der Waals surface area contributed by atoms with Crippen LogP contribution in [0.1, 0.15) is 55.6 Å². The first-order valence-electron chi connectivity index (χ1n) is 9.71. The number of rotatable bonds is 11. The van der Waals surface area contributed by atoms with Gasteiger partial charge in [-0.25, -0.2) is 0 Å². The van der Waals surface area contributed by atoms with Crippen LogP contribution in [0.3, 0.4) is 0 Å². The van der Waals surface area contributed by atoms with Gasteiger partial charge in [0.05, 0.1) is 4.88 Å². The Morgan fingerprint density at radius 2 is 2.04 bits per heavy atom. The smallest absolute Gasteiger partial charge is 0.210 e. The second kappa shape index (κ2) is 11.8. The molecule has 0 aromatic carbocycles. The molecule has 1 radical (unpaired) electrons. The normalized spacial score (nSPS) is 16.5. The fourth-order valence-corrected chi connectivity index (χ4v) is 5.22. The van der Waals surface area contributed by atoms with Gasteiger partial charge in [-0.05, 0) is 62.3 Å². The first-order chi connectivity index (χ1) is 12.2. The van der Waals surface area contributed by atoms with Crippen LogP contribution in [0, 0.1) is 0 Å². The molecule has 0 spiro atoms. The molecule has 1 aliphatic heterocycles. The van der Waals surface area contributed by atoms with Crippen LogP contribution in [0.2, 0.25) is 12.1 Å². The molecule has 25 heavy (non-hydrogen) atoms. The zero-order chi connectivity index (χ0) is 17.9. The number of carbonyl (C=O) groups excluding carboxylic acids is 1. The SMILES string of the molecule is CC[Si](CC)OCCC/C=C(/CN1CCCCC1)C(=O)c1cccs1. The van der Waals surface area contributed by atoms with Crippen molar-refractivity contribution in [1.82, 2.24) is 4.90 Å². The molecule has 0 saturated carbocycles. The third-order valence-corrected chi connectivity index (χ3v) is 7.77. The van der Waals surface area contributed by atoms with E-state index in [0.29, 0.717) is 0 Å². The van der Waals surface area contributed by atoms with Crippen LogP contribution in [-0.2, 0) is 4.43 Å². The van der Waals surface area contributed by atoms with Gasteiger partial charge in [0.1, 0.15) is 0 Å². The van der Waals surface area contributed by atoms with Crippen molar-refractivity contribution in [1.29, 1.82) is 0 Å². The van der Waals surface area contributed by atoms with E-state index in [-0.39, 0.29) is 5.78 Å². The summed E-state index contributed by atoms with van der Waals surface area (Å²) in [7, 11) is -0.591. The van der Waals surface area contributed by atoms with Crippen LogP contribution in [0.4, 0.5) is 0 Å². The molecule has 3 nitrogen and oxygen atoms in total. The number of likely N-dealkylation sites (tertiary alicyclic amines) is 1. The van der Waals surface area contributed by atoms with Gasteiger partial charge in [-0.1, -0.05) is 32.4 Å². The van der Waals surface area contributed by atoms with Crippen LogP contribution in [0.25, 0.3) is 0 Å². The molecule has 1 aliphatic rings. The average Bonchev–Trinajstić information content (AvgIpc) is 3.18. The molecule has 1 saturated heterocycles. The lowest BCUT2D eigenvalue weighted by Crippen LogP contribution is -2.33. The zero-order valence-electron chi connectivity index (χ0n) is 15.8. The van der Waals surface area contributed by atoms with Gasteiger partial charge in [0.25, 0.3) is 0 Å². The molecular formula is C20H32NO2SSi. The minimum atomic E-state index is -0.591. The van der Waals surface area contributed by atoms with E-state index in [1.807, 2.05) is 17.5 Å². The number of unbranched alkanes of at least 4 members (excludes halogenated alkanes) is 1. The molecule has 2 heterocycles.